The Bertz CT molecular complexity index is 838. The van der Waals surface area contributed by atoms with Crippen molar-refractivity contribution in [3.05, 3.63) is 66.2 Å². The number of aryl methyl sites for hydroxylation is 1. The van der Waals surface area contributed by atoms with Crippen LogP contribution in [0.25, 0.3) is 0 Å². The second kappa shape index (κ2) is 13.2. The van der Waals surface area contributed by atoms with Gasteiger partial charge in [0, 0.05) is 13.0 Å². The zero-order valence-corrected chi connectivity index (χ0v) is 18.3. The van der Waals surface area contributed by atoms with Crippen molar-refractivity contribution in [2.45, 2.75) is 19.8 Å². The maximum Gasteiger partial charge on any atom is 0.187 e. The molecule has 2 aromatic carbocycles. The highest BCUT2D eigenvalue weighted by Gasteiger charge is 2.05. The van der Waals surface area contributed by atoms with E-state index >= 15 is 0 Å². The van der Waals surface area contributed by atoms with Gasteiger partial charge in [0.2, 0.25) is 0 Å². The Kier molecular flexibility index (Phi) is 10.2. The Morgan fingerprint density at radius 1 is 1.10 bits per heavy atom. The largest absolute Gasteiger partial charge is 0.493 e. The van der Waals surface area contributed by atoms with Crippen molar-refractivity contribution in [3.63, 3.8) is 0 Å². The number of ether oxygens (including phenoxy) is 3. The number of nitrogens with one attached hydrogen (secondary N) is 2. The van der Waals surface area contributed by atoms with Crippen LogP contribution >= 0.6 is 12.2 Å². The lowest BCUT2D eigenvalue weighted by molar-refractivity contribution is 0.240. The molecule has 0 fully saturated rings. The van der Waals surface area contributed by atoms with E-state index in [0.717, 1.165) is 24.2 Å². The van der Waals surface area contributed by atoms with E-state index in [0.29, 0.717) is 36.4 Å². The van der Waals surface area contributed by atoms with Crippen LogP contribution in [0.15, 0.2) is 60.2 Å². The Morgan fingerprint density at radius 2 is 1.87 bits per heavy atom. The number of hydrogen-bond acceptors (Lipinski definition) is 5. The lowest BCUT2D eigenvalue weighted by atomic mass is 10.2. The van der Waals surface area contributed by atoms with Crippen LogP contribution in [-0.2, 0) is 6.42 Å². The van der Waals surface area contributed by atoms with Gasteiger partial charge in [0.1, 0.15) is 5.75 Å². The number of benzene rings is 2. The third-order valence-electron chi connectivity index (χ3n) is 4.12. The van der Waals surface area contributed by atoms with Gasteiger partial charge in [0.25, 0.3) is 0 Å². The number of rotatable bonds is 12. The lowest BCUT2D eigenvalue weighted by Crippen LogP contribution is -2.31. The molecule has 0 saturated carbocycles. The fourth-order valence-corrected chi connectivity index (χ4v) is 2.64. The summed E-state index contributed by atoms with van der Waals surface area (Å²) in [6, 6.07) is 13.8. The van der Waals surface area contributed by atoms with Gasteiger partial charge >= 0.3 is 0 Å². The molecular formula is C23H29N3O3S. The predicted octanol–water partition coefficient (Wildman–Crippen LogP) is 4.09. The smallest absolute Gasteiger partial charge is 0.187 e. The van der Waals surface area contributed by atoms with E-state index in [9.17, 15) is 0 Å². The first kappa shape index (κ1) is 23.2. The van der Waals surface area contributed by atoms with Gasteiger partial charge in [-0.1, -0.05) is 25.1 Å². The van der Waals surface area contributed by atoms with Crippen LogP contribution in [0.3, 0.4) is 0 Å². The molecule has 0 heterocycles. The summed E-state index contributed by atoms with van der Waals surface area (Å²) in [4.78, 5) is 0. The van der Waals surface area contributed by atoms with Gasteiger partial charge in [-0.25, -0.2) is 0 Å². The van der Waals surface area contributed by atoms with Crippen molar-refractivity contribution in [2.24, 2.45) is 5.10 Å². The number of hydrogen-bond donors (Lipinski definition) is 2. The Balaban J connectivity index is 1.77. The molecule has 0 amide bonds. The van der Waals surface area contributed by atoms with Gasteiger partial charge < -0.3 is 19.5 Å². The second-order valence-corrected chi connectivity index (χ2v) is 6.74. The molecular weight excluding hydrogens is 398 g/mol. The molecule has 2 aromatic rings. The van der Waals surface area contributed by atoms with Gasteiger partial charge in [-0.15, -0.1) is 6.58 Å². The molecule has 0 aliphatic carbocycles. The van der Waals surface area contributed by atoms with E-state index in [1.54, 1.807) is 19.4 Å². The molecule has 0 unspecified atom stereocenters. The average Bonchev–Trinajstić information content (AvgIpc) is 2.78. The zero-order chi connectivity index (χ0) is 21.6. The minimum atomic E-state index is 0.432. The van der Waals surface area contributed by atoms with Gasteiger partial charge in [-0.05, 0) is 60.1 Å². The first-order valence-electron chi connectivity index (χ1n) is 9.86. The van der Waals surface area contributed by atoms with Crippen molar-refractivity contribution < 1.29 is 14.2 Å². The Hall–Kier alpha value is -3.06. The molecule has 0 bridgehead atoms. The van der Waals surface area contributed by atoms with Crippen LogP contribution in [0.5, 0.6) is 17.2 Å². The molecule has 7 heteroatoms. The summed E-state index contributed by atoms with van der Waals surface area (Å²) in [5.74, 6) is 2.20. The van der Waals surface area contributed by atoms with Gasteiger partial charge in [0.15, 0.2) is 16.6 Å². The Labute approximate surface area is 183 Å². The summed E-state index contributed by atoms with van der Waals surface area (Å²) in [5, 5.41) is 7.46. The highest BCUT2D eigenvalue weighted by Crippen LogP contribution is 2.27. The molecule has 2 N–H and O–H groups in total. The molecule has 0 spiro atoms. The quantitative estimate of drug-likeness (QED) is 0.175. The lowest BCUT2D eigenvalue weighted by Gasteiger charge is -2.12. The summed E-state index contributed by atoms with van der Waals surface area (Å²) in [7, 11) is 1.61. The third-order valence-corrected chi connectivity index (χ3v) is 4.36. The van der Waals surface area contributed by atoms with Crippen LogP contribution in [0.2, 0.25) is 0 Å². The SMILES string of the molecule is C=CCNC(=S)N/N=C\c1ccc(OCCCOc2ccc(CC)cc2)c(OC)c1. The summed E-state index contributed by atoms with van der Waals surface area (Å²) >= 11 is 5.08. The van der Waals surface area contributed by atoms with E-state index in [4.69, 9.17) is 26.4 Å². The molecule has 0 saturated heterocycles. The third kappa shape index (κ3) is 8.13. The highest BCUT2D eigenvalue weighted by molar-refractivity contribution is 7.80. The number of nitrogens with zero attached hydrogens (tertiary/aromatic N) is 1. The van der Waals surface area contributed by atoms with E-state index in [1.807, 2.05) is 30.3 Å². The standard InChI is InChI=1S/C23H29N3O3S/c1-4-13-24-23(30)26-25-17-19-9-12-21(22(16-19)27-3)29-15-6-14-28-20-10-7-18(5-2)8-11-20/h4,7-12,16-17H,1,5-6,13-15H2,2-3H3,(H2,24,26,30)/b25-17-. The fraction of sp³-hybridized carbons (Fsp3) is 0.304. The predicted molar refractivity (Wildman–Crippen MR) is 126 cm³/mol. The summed E-state index contributed by atoms with van der Waals surface area (Å²) in [6.45, 7) is 7.45. The van der Waals surface area contributed by atoms with Crippen LogP contribution in [-0.4, -0.2) is 38.2 Å². The first-order valence-corrected chi connectivity index (χ1v) is 10.3. The molecule has 6 nitrogen and oxygen atoms in total. The van der Waals surface area contributed by atoms with Gasteiger partial charge in [-0.2, -0.15) is 5.10 Å². The van der Waals surface area contributed by atoms with Crippen molar-refractivity contribution in [2.75, 3.05) is 26.9 Å². The summed E-state index contributed by atoms with van der Waals surface area (Å²) in [6.07, 6.45) is 5.17. The van der Waals surface area contributed by atoms with E-state index in [-0.39, 0.29) is 0 Å². The maximum absolute atomic E-state index is 5.84. The summed E-state index contributed by atoms with van der Waals surface area (Å²) in [5.41, 5.74) is 4.90. The van der Waals surface area contributed by atoms with Crippen molar-refractivity contribution in [1.82, 2.24) is 10.7 Å². The van der Waals surface area contributed by atoms with Gasteiger partial charge in [-0.3, -0.25) is 5.43 Å². The monoisotopic (exact) mass is 427 g/mol. The van der Waals surface area contributed by atoms with E-state index in [2.05, 4.69) is 41.5 Å². The molecule has 2 rings (SSSR count). The topological polar surface area (TPSA) is 64.1 Å². The van der Waals surface area contributed by atoms with Crippen LogP contribution < -0.4 is 25.0 Å². The normalized spacial score (nSPS) is 10.5. The van der Waals surface area contributed by atoms with Crippen LogP contribution in [0.1, 0.15) is 24.5 Å². The van der Waals surface area contributed by atoms with Crippen LogP contribution in [0, 0.1) is 0 Å². The van der Waals surface area contributed by atoms with Gasteiger partial charge in [0.05, 0.1) is 26.5 Å². The van der Waals surface area contributed by atoms with E-state index in [1.165, 1.54) is 5.56 Å². The van der Waals surface area contributed by atoms with Crippen molar-refractivity contribution in [3.8, 4) is 17.2 Å². The minimum absolute atomic E-state index is 0.432. The molecule has 0 aromatic heterocycles. The summed E-state index contributed by atoms with van der Waals surface area (Å²) < 4.78 is 17.0. The molecule has 0 aliphatic rings. The molecule has 0 radical (unpaired) electrons. The zero-order valence-electron chi connectivity index (χ0n) is 17.5. The number of methoxy groups -OCH3 is 1. The molecule has 30 heavy (non-hydrogen) atoms. The number of hydrazone groups is 1. The van der Waals surface area contributed by atoms with Crippen molar-refractivity contribution in [1.29, 1.82) is 0 Å². The highest BCUT2D eigenvalue weighted by atomic mass is 32.1. The molecule has 160 valence electrons. The molecule has 0 aliphatic heterocycles. The first-order chi connectivity index (χ1) is 14.7. The molecule has 0 atom stereocenters. The minimum Gasteiger partial charge on any atom is -0.493 e. The average molecular weight is 428 g/mol. The second-order valence-electron chi connectivity index (χ2n) is 6.33. The fourth-order valence-electron chi connectivity index (χ4n) is 2.51. The Morgan fingerprint density at radius 3 is 2.57 bits per heavy atom. The van der Waals surface area contributed by atoms with Crippen molar-refractivity contribution >= 4 is 23.5 Å². The van der Waals surface area contributed by atoms with E-state index < -0.39 is 0 Å². The maximum atomic E-state index is 5.84. The number of thiocarbonyl (C=S) groups is 1. The van der Waals surface area contributed by atoms with Crippen LogP contribution in [0.4, 0.5) is 0 Å².